The van der Waals surface area contributed by atoms with Gasteiger partial charge in [0.2, 0.25) is 0 Å². The molecule has 0 saturated carbocycles. The second-order valence-corrected chi connectivity index (χ2v) is 10.5. The number of phenolic OH excluding ortho intramolecular Hbond substituents is 1. The van der Waals surface area contributed by atoms with E-state index < -0.39 is 16.2 Å². The van der Waals surface area contributed by atoms with Gasteiger partial charge in [0.1, 0.15) is 15.9 Å². The molecule has 0 amide bonds. The summed E-state index contributed by atoms with van der Waals surface area (Å²) in [5, 5.41) is 22.9. The first-order valence-corrected chi connectivity index (χ1v) is 13.1. The number of anilines is 1. The van der Waals surface area contributed by atoms with E-state index in [2.05, 4.69) is 57.9 Å². The van der Waals surface area contributed by atoms with Gasteiger partial charge in [-0.15, -0.1) is 0 Å². The number of pyridine rings is 2. The third-order valence-electron chi connectivity index (χ3n) is 7.29. The highest BCUT2D eigenvalue weighted by Crippen LogP contribution is 2.38. The maximum atomic E-state index is 13.0. The number of aryl methyl sites for hydroxylation is 3. The summed E-state index contributed by atoms with van der Waals surface area (Å²) in [6, 6.07) is 16.9. The molecule has 2 aromatic carbocycles. The number of benzene rings is 2. The number of piperazine rings is 1. The van der Waals surface area contributed by atoms with Crippen LogP contribution < -0.4 is 10.5 Å². The number of aromatic nitrogens is 2. The first-order valence-electron chi connectivity index (χ1n) is 12.3. The SMILES string of the molecule is Cc1ccc(C(c2ccccc2O)N2CCN(c3c([N+](=O)[O-])c(=O)n(C)c4ccc(Br)nc34)CC2)c(C)c1. The zero-order valence-electron chi connectivity index (χ0n) is 21.4. The Bertz CT molecular complexity index is 1610. The van der Waals surface area contributed by atoms with Crippen LogP contribution in [0.15, 0.2) is 64.0 Å². The van der Waals surface area contributed by atoms with E-state index in [1.807, 2.05) is 17.0 Å². The molecule has 5 rings (SSSR count). The van der Waals surface area contributed by atoms with Gasteiger partial charge < -0.3 is 14.6 Å². The largest absolute Gasteiger partial charge is 0.508 e. The molecule has 9 nitrogen and oxygen atoms in total. The highest BCUT2D eigenvalue weighted by atomic mass is 79.9. The number of hydrogen-bond acceptors (Lipinski definition) is 7. The summed E-state index contributed by atoms with van der Waals surface area (Å²) in [6.07, 6.45) is 0. The van der Waals surface area contributed by atoms with Crippen LogP contribution >= 0.6 is 15.9 Å². The van der Waals surface area contributed by atoms with E-state index in [0.29, 0.717) is 41.8 Å². The van der Waals surface area contributed by atoms with Gasteiger partial charge in [-0.25, -0.2) is 4.98 Å². The Morgan fingerprint density at radius 1 is 1.03 bits per heavy atom. The Labute approximate surface area is 228 Å². The summed E-state index contributed by atoms with van der Waals surface area (Å²) in [5.41, 5.74) is 4.26. The summed E-state index contributed by atoms with van der Waals surface area (Å²) >= 11 is 3.38. The summed E-state index contributed by atoms with van der Waals surface area (Å²) in [6.45, 7) is 6.16. The molecule has 4 aromatic rings. The van der Waals surface area contributed by atoms with E-state index >= 15 is 0 Å². The van der Waals surface area contributed by atoms with Gasteiger partial charge in [-0.2, -0.15) is 0 Å². The van der Waals surface area contributed by atoms with E-state index in [0.717, 1.165) is 22.3 Å². The molecule has 1 saturated heterocycles. The molecule has 1 unspecified atom stereocenters. The maximum absolute atomic E-state index is 13.0. The molecule has 1 fully saturated rings. The van der Waals surface area contributed by atoms with Crippen molar-refractivity contribution in [3.8, 4) is 5.75 Å². The van der Waals surface area contributed by atoms with E-state index in [1.54, 1.807) is 24.3 Å². The first-order chi connectivity index (χ1) is 18.2. The van der Waals surface area contributed by atoms with Crippen LogP contribution in [0.5, 0.6) is 5.75 Å². The van der Waals surface area contributed by atoms with Gasteiger partial charge >= 0.3 is 11.2 Å². The molecule has 0 aliphatic carbocycles. The smallest absolute Gasteiger partial charge is 0.359 e. The van der Waals surface area contributed by atoms with Crippen LogP contribution in [-0.4, -0.2) is 50.7 Å². The number of phenols is 1. The standard InChI is InChI=1S/C28H28BrN5O4/c1-17-8-9-19(18(2)16-17)25(20-6-4-5-7-22(20)35)32-12-14-33(15-13-32)26-24-21(10-11-23(29)30-24)31(3)28(36)27(26)34(37)38/h4-11,16,25,35H,12-15H2,1-3H3. The van der Waals surface area contributed by atoms with Crippen LogP contribution in [0.1, 0.15) is 28.3 Å². The lowest BCUT2D eigenvalue weighted by atomic mass is 9.91. The third-order valence-corrected chi connectivity index (χ3v) is 7.73. The van der Waals surface area contributed by atoms with Crippen LogP contribution in [0.3, 0.4) is 0 Å². The lowest BCUT2D eigenvalue weighted by Crippen LogP contribution is -2.48. The molecule has 1 N–H and O–H groups in total. The molecule has 0 radical (unpaired) electrons. The monoisotopic (exact) mass is 577 g/mol. The Morgan fingerprint density at radius 2 is 1.74 bits per heavy atom. The van der Waals surface area contributed by atoms with E-state index in [9.17, 15) is 20.0 Å². The summed E-state index contributed by atoms with van der Waals surface area (Å²) in [5.74, 6) is 0.224. The molecule has 0 bridgehead atoms. The van der Waals surface area contributed by atoms with Gasteiger partial charge in [0.15, 0.2) is 5.69 Å². The van der Waals surface area contributed by atoms with Crippen molar-refractivity contribution in [3.05, 3.63) is 102 Å². The van der Waals surface area contributed by atoms with Crippen LogP contribution in [0, 0.1) is 24.0 Å². The minimum absolute atomic E-state index is 0.193. The quantitative estimate of drug-likeness (QED) is 0.205. The Balaban J connectivity index is 1.56. The average Bonchev–Trinajstić information content (AvgIpc) is 2.88. The number of fused-ring (bicyclic) bond motifs is 1. The lowest BCUT2D eigenvalue weighted by Gasteiger charge is -2.41. The molecule has 1 atom stereocenters. The molecular weight excluding hydrogens is 550 g/mol. The second kappa shape index (κ2) is 10.2. The van der Waals surface area contributed by atoms with Gasteiger partial charge in [-0.1, -0.05) is 42.0 Å². The topological polar surface area (TPSA) is 105 Å². The van der Waals surface area contributed by atoms with Crippen LogP contribution in [0.4, 0.5) is 11.4 Å². The van der Waals surface area contributed by atoms with Crippen molar-refractivity contribution in [3.63, 3.8) is 0 Å². The van der Waals surface area contributed by atoms with E-state index in [4.69, 9.17) is 0 Å². The van der Waals surface area contributed by atoms with E-state index in [-0.39, 0.29) is 17.5 Å². The third kappa shape index (κ3) is 4.54. The zero-order chi connectivity index (χ0) is 27.1. The van der Waals surface area contributed by atoms with Gasteiger partial charge in [0, 0.05) is 38.8 Å². The minimum Gasteiger partial charge on any atom is -0.508 e. The second-order valence-electron chi connectivity index (χ2n) is 9.66. The number of halogens is 1. The lowest BCUT2D eigenvalue weighted by molar-refractivity contribution is -0.385. The predicted octanol–water partition coefficient (Wildman–Crippen LogP) is 4.84. The van der Waals surface area contributed by atoms with Gasteiger partial charge in [-0.3, -0.25) is 19.8 Å². The van der Waals surface area contributed by atoms with Gasteiger partial charge in [-0.05, 0) is 59.1 Å². The highest BCUT2D eigenvalue weighted by Gasteiger charge is 2.34. The zero-order valence-corrected chi connectivity index (χ0v) is 23.0. The van der Waals surface area contributed by atoms with Crippen LogP contribution in [0.25, 0.3) is 11.0 Å². The maximum Gasteiger partial charge on any atom is 0.359 e. The van der Waals surface area contributed by atoms with Crippen LogP contribution in [0.2, 0.25) is 0 Å². The fourth-order valence-corrected chi connectivity index (χ4v) is 5.74. The molecule has 10 heteroatoms. The van der Waals surface area contributed by atoms with E-state index in [1.165, 1.54) is 11.6 Å². The number of nitro groups is 1. The Hall–Kier alpha value is -3.76. The molecule has 2 aromatic heterocycles. The Kier molecular flexibility index (Phi) is 6.93. The summed E-state index contributed by atoms with van der Waals surface area (Å²) in [7, 11) is 1.52. The van der Waals surface area contributed by atoms with Crippen molar-refractivity contribution in [2.24, 2.45) is 7.05 Å². The minimum atomic E-state index is -0.661. The molecule has 38 heavy (non-hydrogen) atoms. The van der Waals surface area contributed by atoms with Gasteiger partial charge in [0.05, 0.1) is 16.5 Å². The molecule has 1 aliphatic heterocycles. The number of hydrogen-bond donors (Lipinski definition) is 1. The van der Waals surface area contributed by atoms with Crippen molar-refractivity contribution >= 4 is 38.3 Å². The average molecular weight is 578 g/mol. The molecule has 0 spiro atoms. The number of aromatic hydroxyl groups is 1. The Morgan fingerprint density at radius 3 is 2.39 bits per heavy atom. The number of para-hydroxylation sites is 1. The van der Waals surface area contributed by atoms with Crippen molar-refractivity contribution in [1.82, 2.24) is 14.5 Å². The molecule has 3 heterocycles. The normalized spacial score (nSPS) is 15.1. The number of rotatable bonds is 5. The first kappa shape index (κ1) is 25.9. The molecule has 196 valence electrons. The van der Waals surface area contributed by atoms with Crippen molar-refractivity contribution in [1.29, 1.82) is 0 Å². The summed E-state index contributed by atoms with van der Waals surface area (Å²) in [4.78, 5) is 33.2. The predicted molar refractivity (Wildman–Crippen MR) is 151 cm³/mol. The highest BCUT2D eigenvalue weighted by molar-refractivity contribution is 9.10. The molecular formula is C28H28BrN5O4. The number of nitrogens with zero attached hydrogens (tertiary/aromatic N) is 5. The van der Waals surface area contributed by atoms with Crippen molar-refractivity contribution in [2.75, 3.05) is 31.1 Å². The fraction of sp³-hybridized carbons (Fsp3) is 0.286. The molecule has 1 aliphatic rings. The van der Waals surface area contributed by atoms with Crippen LogP contribution in [-0.2, 0) is 7.05 Å². The summed E-state index contributed by atoms with van der Waals surface area (Å²) < 4.78 is 1.81. The van der Waals surface area contributed by atoms with Crippen molar-refractivity contribution < 1.29 is 10.0 Å². The van der Waals surface area contributed by atoms with Gasteiger partial charge in [0.25, 0.3) is 0 Å². The van der Waals surface area contributed by atoms with Crippen molar-refractivity contribution in [2.45, 2.75) is 19.9 Å². The fourth-order valence-electron chi connectivity index (χ4n) is 5.43.